The van der Waals surface area contributed by atoms with E-state index in [1.807, 2.05) is 42.5 Å². The molecule has 2 aromatic rings. The number of nitrogens with zero attached hydrogens (tertiary/aromatic N) is 3. The summed E-state index contributed by atoms with van der Waals surface area (Å²) in [6.45, 7) is 4.18. The van der Waals surface area contributed by atoms with Crippen molar-refractivity contribution in [2.45, 2.75) is 19.1 Å². The molecule has 0 amide bonds. The number of benzene rings is 1. The zero-order valence-corrected chi connectivity index (χ0v) is 14.1. The van der Waals surface area contributed by atoms with Gasteiger partial charge in [-0.25, -0.2) is 0 Å². The minimum absolute atomic E-state index is 0.379. The molecule has 128 valence electrons. The van der Waals surface area contributed by atoms with E-state index in [0.717, 1.165) is 36.8 Å². The van der Waals surface area contributed by atoms with E-state index in [9.17, 15) is 5.11 Å². The Morgan fingerprint density at radius 1 is 1.21 bits per heavy atom. The number of pyridine rings is 1. The highest BCUT2D eigenvalue weighted by molar-refractivity contribution is 5.49. The van der Waals surface area contributed by atoms with Gasteiger partial charge in [-0.15, -0.1) is 0 Å². The van der Waals surface area contributed by atoms with E-state index in [-0.39, 0.29) is 6.10 Å². The first-order chi connectivity index (χ1) is 11.7. The van der Waals surface area contributed by atoms with Gasteiger partial charge in [0.25, 0.3) is 0 Å². The number of hydrogen-bond donors (Lipinski definition) is 1. The van der Waals surface area contributed by atoms with Gasteiger partial charge in [0.15, 0.2) is 0 Å². The van der Waals surface area contributed by atoms with Crippen LogP contribution in [0, 0.1) is 0 Å². The lowest BCUT2D eigenvalue weighted by Crippen LogP contribution is -2.45. The molecular formula is C19H25N3O2. The van der Waals surface area contributed by atoms with Crippen LogP contribution in [-0.2, 0) is 6.54 Å². The number of rotatable bonds is 8. The van der Waals surface area contributed by atoms with Crippen molar-refractivity contribution in [3.63, 3.8) is 0 Å². The maximum atomic E-state index is 10.5. The van der Waals surface area contributed by atoms with E-state index in [0.29, 0.717) is 13.1 Å². The summed E-state index contributed by atoms with van der Waals surface area (Å²) >= 11 is 0. The fourth-order valence-electron chi connectivity index (χ4n) is 2.92. The lowest BCUT2D eigenvalue weighted by atomic mass is 10.1. The second-order valence-corrected chi connectivity index (χ2v) is 6.21. The van der Waals surface area contributed by atoms with Crippen molar-refractivity contribution in [2.75, 3.05) is 38.2 Å². The van der Waals surface area contributed by atoms with E-state index in [2.05, 4.69) is 14.8 Å². The third-order valence-corrected chi connectivity index (χ3v) is 4.37. The van der Waals surface area contributed by atoms with Crippen LogP contribution in [-0.4, -0.2) is 54.4 Å². The average Bonchev–Trinajstić information content (AvgIpc) is 2.59. The Kier molecular flexibility index (Phi) is 5.67. The normalized spacial score (nSPS) is 15.6. The maximum absolute atomic E-state index is 10.5. The summed E-state index contributed by atoms with van der Waals surface area (Å²) in [5, 5.41) is 10.5. The minimum Gasteiger partial charge on any atom is -0.497 e. The van der Waals surface area contributed by atoms with Crippen LogP contribution >= 0.6 is 0 Å². The van der Waals surface area contributed by atoms with Gasteiger partial charge in [-0.2, -0.15) is 0 Å². The van der Waals surface area contributed by atoms with Gasteiger partial charge in [-0.05, 0) is 55.9 Å². The number of ether oxygens (including phenoxy) is 1. The first-order valence-electron chi connectivity index (χ1n) is 8.44. The lowest BCUT2D eigenvalue weighted by molar-refractivity contribution is 0.0823. The van der Waals surface area contributed by atoms with Gasteiger partial charge in [0.2, 0.25) is 0 Å². The molecule has 0 radical (unpaired) electrons. The molecule has 0 spiro atoms. The molecule has 5 heteroatoms. The molecular weight excluding hydrogens is 302 g/mol. The number of anilines is 1. The number of aliphatic hydroxyl groups is 1. The van der Waals surface area contributed by atoms with E-state index < -0.39 is 0 Å². The van der Waals surface area contributed by atoms with Gasteiger partial charge in [0, 0.05) is 25.0 Å². The van der Waals surface area contributed by atoms with Crippen molar-refractivity contribution in [1.29, 1.82) is 0 Å². The molecule has 1 unspecified atom stereocenters. The maximum Gasteiger partial charge on any atom is 0.119 e. The molecule has 1 atom stereocenters. The van der Waals surface area contributed by atoms with Gasteiger partial charge < -0.3 is 19.6 Å². The summed E-state index contributed by atoms with van der Waals surface area (Å²) in [5.74, 6) is 0.831. The predicted molar refractivity (Wildman–Crippen MR) is 95.3 cm³/mol. The second kappa shape index (κ2) is 8.13. The largest absolute Gasteiger partial charge is 0.497 e. The molecule has 0 aliphatic carbocycles. The van der Waals surface area contributed by atoms with Crippen molar-refractivity contribution >= 4 is 5.69 Å². The number of likely N-dealkylation sites (tertiary alicyclic amines) is 1. The number of aliphatic hydroxyl groups excluding tert-OH is 1. The predicted octanol–water partition coefficient (Wildman–Crippen LogP) is 2.16. The van der Waals surface area contributed by atoms with Crippen molar-refractivity contribution in [2.24, 2.45) is 0 Å². The summed E-state index contributed by atoms with van der Waals surface area (Å²) in [5.41, 5.74) is 2.05. The van der Waals surface area contributed by atoms with Crippen LogP contribution in [0.5, 0.6) is 5.75 Å². The first kappa shape index (κ1) is 16.7. The summed E-state index contributed by atoms with van der Waals surface area (Å²) < 4.78 is 5.24. The molecule has 3 rings (SSSR count). The Balaban J connectivity index is 1.71. The first-order valence-corrected chi connectivity index (χ1v) is 8.44. The van der Waals surface area contributed by atoms with Crippen molar-refractivity contribution in [3.05, 3.63) is 54.4 Å². The zero-order chi connectivity index (χ0) is 16.8. The summed E-state index contributed by atoms with van der Waals surface area (Å²) in [6.07, 6.45) is 2.66. The summed E-state index contributed by atoms with van der Waals surface area (Å²) in [6, 6.07) is 13.9. The molecule has 1 aliphatic rings. The van der Waals surface area contributed by atoms with Crippen LogP contribution < -0.4 is 9.64 Å². The topological polar surface area (TPSA) is 48.8 Å². The molecule has 1 fully saturated rings. The van der Waals surface area contributed by atoms with E-state index in [4.69, 9.17) is 4.74 Å². The lowest BCUT2D eigenvalue weighted by Gasteiger charge is -2.34. The number of aromatic nitrogens is 1. The molecule has 0 saturated carbocycles. The van der Waals surface area contributed by atoms with Crippen LogP contribution in [0.25, 0.3) is 0 Å². The molecule has 1 aromatic carbocycles. The number of β-amino-alcohol motifs (C(OH)–C–C–N with tert-alkyl or cyclic N) is 1. The fourth-order valence-corrected chi connectivity index (χ4v) is 2.92. The monoisotopic (exact) mass is 327 g/mol. The van der Waals surface area contributed by atoms with Gasteiger partial charge in [-0.3, -0.25) is 4.98 Å². The molecule has 1 aliphatic heterocycles. The Morgan fingerprint density at radius 3 is 2.58 bits per heavy atom. The SMILES string of the molecule is COc1ccc(N(Cc2ccccn2)CC(O)CN2CCC2)cc1. The Bertz CT molecular complexity index is 614. The highest BCUT2D eigenvalue weighted by Crippen LogP contribution is 2.21. The van der Waals surface area contributed by atoms with Crippen molar-refractivity contribution in [1.82, 2.24) is 9.88 Å². The van der Waals surface area contributed by atoms with E-state index in [1.165, 1.54) is 6.42 Å². The molecule has 0 bridgehead atoms. The average molecular weight is 327 g/mol. The molecule has 24 heavy (non-hydrogen) atoms. The van der Waals surface area contributed by atoms with Crippen molar-refractivity contribution < 1.29 is 9.84 Å². The third kappa shape index (κ3) is 4.46. The third-order valence-electron chi connectivity index (χ3n) is 4.37. The Morgan fingerprint density at radius 2 is 2.00 bits per heavy atom. The highest BCUT2D eigenvalue weighted by Gasteiger charge is 2.20. The van der Waals surface area contributed by atoms with E-state index >= 15 is 0 Å². The summed E-state index contributed by atoms with van der Waals surface area (Å²) in [7, 11) is 1.66. The molecule has 1 aromatic heterocycles. The highest BCUT2D eigenvalue weighted by atomic mass is 16.5. The Hall–Kier alpha value is -2.11. The van der Waals surface area contributed by atoms with Gasteiger partial charge in [-0.1, -0.05) is 6.07 Å². The van der Waals surface area contributed by atoms with Gasteiger partial charge in [0.05, 0.1) is 25.5 Å². The van der Waals surface area contributed by atoms with Crippen LogP contribution in [0.4, 0.5) is 5.69 Å². The summed E-state index contributed by atoms with van der Waals surface area (Å²) in [4.78, 5) is 8.88. The molecule has 5 nitrogen and oxygen atoms in total. The van der Waals surface area contributed by atoms with Crippen LogP contribution in [0.2, 0.25) is 0 Å². The van der Waals surface area contributed by atoms with Crippen LogP contribution in [0.3, 0.4) is 0 Å². The smallest absolute Gasteiger partial charge is 0.119 e. The van der Waals surface area contributed by atoms with Crippen LogP contribution in [0.1, 0.15) is 12.1 Å². The zero-order valence-electron chi connectivity index (χ0n) is 14.1. The molecule has 1 saturated heterocycles. The van der Waals surface area contributed by atoms with Gasteiger partial charge in [0.1, 0.15) is 5.75 Å². The van der Waals surface area contributed by atoms with Crippen molar-refractivity contribution in [3.8, 4) is 5.75 Å². The standard InChI is InChI=1S/C19H25N3O2/c1-24-19-8-6-17(7-9-19)22(13-16-5-2-3-10-20-16)15-18(23)14-21-11-4-12-21/h2-3,5-10,18,23H,4,11-15H2,1H3. The number of methoxy groups -OCH3 is 1. The minimum atomic E-state index is -0.379. The van der Waals surface area contributed by atoms with Crippen LogP contribution in [0.15, 0.2) is 48.7 Å². The fraction of sp³-hybridized carbons (Fsp3) is 0.421. The van der Waals surface area contributed by atoms with Gasteiger partial charge >= 0.3 is 0 Å². The number of hydrogen-bond acceptors (Lipinski definition) is 5. The molecule has 1 N–H and O–H groups in total. The van der Waals surface area contributed by atoms with E-state index in [1.54, 1.807) is 13.3 Å². The second-order valence-electron chi connectivity index (χ2n) is 6.21. The molecule has 2 heterocycles. The Labute approximate surface area is 143 Å². The quantitative estimate of drug-likeness (QED) is 0.805.